The van der Waals surface area contributed by atoms with E-state index < -0.39 is 0 Å². The molecule has 0 unspecified atom stereocenters. The number of aromatic amines is 1. The Labute approximate surface area is 115 Å². The van der Waals surface area contributed by atoms with E-state index in [1.807, 2.05) is 0 Å². The average Bonchev–Trinajstić information content (AvgIpc) is 2.98. The van der Waals surface area contributed by atoms with Crippen LogP contribution in [0.4, 0.5) is 0 Å². The molecule has 1 fully saturated rings. The first-order valence-electron chi connectivity index (χ1n) is 7.55. The molecule has 19 heavy (non-hydrogen) atoms. The van der Waals surface area contributed by atoms with Gasteiger partial charge in [0, 0.05) is 22.6 Å². The van der Waals surface area contributed by atoms with Crippen LogP contribution in [-0.4, -0.2) is 17.6 Å². The zero-order valence-electron chi connectivity index (χ0n) is 12.1. The molecule has 0 atom stereocenters. The van der Waals surface area contributed by atoms with Gasteiger partial charge in [0.15, 0.2) is 0 Å². The molecule has 1 aromatic heterocycles. The van der Waals surface area contributed by atoms with Crippen LogP contribution in [0.15, 0.2) is 18.2 Å². The molecular formula is C17H24N2. The number of benzene rings is 1. The van der Waals surface area contributed by atoms with Crippen LogP contribution in [0.2, 0.25) is 0 Å². The van der Waals surface area contributed by atoms with Crippen molar-refractivity contribution in [3.63, 3.8) is 0 Å². The van der Waals surface area contributed by atoms with Gasteiger partial charge in [-0.05, 0) is 56.8 Å². The Kier molecular flexibility index (Phi) is 3.61. The van der Waals surface area contributed by atoms with Gasteiger partial charge in [-0.3, -0.25) is 0 Å². The van der Waals surface area contributed by atoms with Crippen LogP contribution in [0.5, 0.6) is 0 Å². The number of fused-ring (bicyclic) bond motifs is 1. The topological polar surface area (TPSA) is 27.8 Å². The van der Waals surface area contributed by atoms with Gasteiger partial charge in [-0.15, -0.1) is 0 Å². The van der Waals surface area contributed by atoms with Crippen molar-refractivity contribution in [1.82, 2.24) is 10.3 Å². The molecule has 2 aromatic rings. The highest BCUT2D eigenvalue weighted by atomic mass is 14.9. The second-order valence-corrected chi connectivity index (χ2v) is 5.96. The first kappa shape index (κ1) is 12.7. The Morgan fingerprint density at radius 2 is 2.00 bits per heavy atom. The highest BCUT2D eigenvalue weighted by molar-refractivity contribution is 5.85. The van der Waals surface area contributed by atoms with Crippen LogP contribution in [-0.2, 0) is 6.42 Å². The van der Waals surface area contributed by atoms with E-state index >= 15 is 0 Å². The molecule has 1 heterocycles. The van der Waals surface area contributed by atoms with Gasteiger partial charge in [0.25, 0.3) is 0 Å². The molecule has 0 saturated heterocycles. The minimum Gasteiger partial charge on any atom is -0.358 e. The Bertz CT molecular complexity index is 562. The zero-order valence-corrected chi connectivity index (χ0v) is 12.1. The molecule has 0 aliphatic heterocycles. The Balaban J connectivity index is 1.71. The molecule has 0 amide bonds. The van der Waals surface area contributed by atoms with Crippen LogP contribution in [0.1, 0.15) is 42.5 Å². The lowest BCUT2D eigenvalue weighted by atomic mass is 10.1. The minimum atomic E-state index is 0.771. The second kappa shape index (κ2) is 5.38. The fraction of sp³-hybridized carbons (Fsp3) is 0.529. The van der Waals surface area contributed by atoms with Gasteiger partial charge in [0.2, 0.25) is 0 Å². The fourth-order valence-electron chi connectivity index (χ4n) is 3.36. The molecular weight excluding hydrogens is 232 g/mol. The SMILES string of the molecule is Cc1ccc2c(CCNC3CCCC3)c(C)[nH]c2c1. The van der Waals surface area contributed by atoms with Crippen LogP contribution < -0.4 is 5.32 Å². The lowest BCUT2D eigenvalue weighted by Crippen LogP contribution is -2.28. The summed E-state index contributed by atoms with van der Waals surface area (Å²) in [5, 5.41) is 5.11. The van der Waals surface area contributed by atoms with Crippen molar-refractivity contribution < 1.29 is 0 Å². The quantitative estimate of drug-likeness (QED) is 0.854. The summed E-state index contributed by atoms with van der Waals surface area (Å²) in [5.74, 6) is 0. The Morgan fingerprint density at radius 3 is 2.79 bits per heavy atom. The molecule has 1 aromatic carbocycles. The van der Waals surface area contributed by atoms with Crippen molar-refractivity contribution in [2.75, 3.05) is 6.54 Å². The molecule has 0 spiro atoms. The number of aryl methyl sites for hydroxylation is 2. The Morgan fingerprint density at radius 1 is 1.21 bits per heavy atom. The van der Waals surface area contributed by atoms with Crippen molar-refractivity contribution >= 4 is 10.9 Å². The molecule has 2 nitrogen and oxygen atoms in total. The lowest BCUT2D eigenvalue weighted by molar-refractivity contribution is 0.528. The van der Waals surface area contributed by atoms with Gasteiger partial charge < -0.3 is 10.3 Å². The third-order valence-electron chi connectivity index (χ3n) is 4.44. The monoisotopic (exact) mass is 256 g/mol. The highest BCUT2D eigenvalue weighted by Crippen LogP contribution is 2.24. The number of H-pyrrole nitrogens is 1. The molecule has 2 N–H and O–H groups in total. The molecule has 2 heteroatoms. The summed E-state index contributed by atoms with van der Waals surface area (Å²) in [5.41, 5.74) is 5.42. The summed E-state index contributed by atoms with van der Waals surface area (Å²) in [4.78, 5) is 3.52. The van der Waals surface area contributed by atoms with Gasteiger partial charge in [-0.1, -0.05) is 25.0 Å². The average molecular weight is 256 g/mol. The van der Waals surface area contributed by atoms with E-state index in [0.717, 1.165) is 19.0 Å². The summed E-state index contributed by atoms with van der Waals surface area (Å²) in [7, 11) is 0. The number of hydrogen-bond acceptors (Lipinski definition) is 1. The predicted molar refractivity (Wildman–Crippen MR) is 81.7 cm³/mol. The van der Waals surface area contributed by atoms with E-state index in [1.165, 1.54) is 53.4 Å². The first-order chi connectivity index (χ1) is 9.24. The lowest BCUT2D eigenvalue weighted by Gasteiger charge is -2.11. The summed E-state index contributed by atoms with van der Waals surface area (Å²) < 4.78 is 0. The van der Waals surface area contributed by atoms with Gasteiger partial charge in [0.1, 0.15) is 0 Å². The highest BCUT2D eigenvalue weighted by Gasteiger charge is 2.14. The molecule has 1 saturated carbocycles. The van der Waals surface area contributed by atoms with Crippen LogP contribution in [0.25, 0.3) is 10.9 Å². The van der Waals surface area contributed by atoms with Crippen LogP contribution in [0, 0.1) is 13.8 Å². The normalized spacial score (nSPS) is 16.5. The van der Waals surface area contributed by atoms with Gasteiger partial charge in [-0.25, -0.2) is 0 Å². The summed E-state index contributed by atoms with van der Waals surface area (Å²) >= 11 is 0. The minimum absolute atomic E-state index is 0.771. The van der Waals surface area contributed by atoms with Crippen molar-refractivity contribution in [3.8, 4) is 0 Å². The summed E-state index contributed by atoms with van der Waals surface area (Å²) in [6.45, 7) is 5.45. The maximum atomic E-state index is 3.71. The van der Waals surface area contributed by atoms with E-state index in [9.17, 15) is 0 Å². The van der Waals surface area contributed by atoms with Crippen molar-refractivity contribution in [2.45, 2.75) is 52.0 Å². The van der Waals surface area contributed by atoms with E-state index in [1.54, 1.807) is 0 Å². The standard InChI is InChI=1S/C17H24N2/c1-12-7-8-16-15(13(2)19-17(16)11-12)9-10-18-14-5-3-4-6-14/h7-8,11,14,18-19H,3-6,9-10H2,1-2H3. The van der Waals surface area contributed by atoms with Crippen molar-refractivity contribution in [3.05, 3.63) is 35.0 Å². The molecule has 1 aliphatic rings. The number of rotatable bonds is 4. The van der Waals surface area contributed by atoms with Gasteiger partial charge in [-0.2, -0.15) is 0 Å². The van der Waals surface area contributed by atoms with Crippen molar-refractivity contribution in [2.24, 2.45) is 0 Å². The van der Waals surface area contributed by atoms with Crippen molar-refractivity contribution in [1.29, 1.82) is 0 Å². The number of hydrogen-bond donors (Lipinski definition) is 2. The maximum Gasteiger partial charge on any atom is 0.0461 e. The zero-order chi connectivity index (χ0) is 13.2. The Hall–Kier alpha value is -1.28. The largest absolute Gasteiger partial charge is 0.358 e. The maximum absolute atomic E-state index is 3.71. The van der Waals surface area contributed by atoms with Gasteiger partial charge in [0.05, 0.1) is 0 Å². The smallest absolute Gasteiger partial charge is 0.0461 e. The van der Waals surface area contributed by atoms with E-state index in [0.29, 0.717) is 0 Å². The molecule has 3 rings (SSSR count). The fourth-order valence-corrected chi connectivity index (χ4v) is 3.36. The third kappa shape index (κ3) is 2.69. The molecule has 0 radical (unpaired) electrons. The number of aromatic nitrogens is 1. The van der Waals surface area contributed by atoms with E-state index in [4.69, 9.17) is 0 Å². The second-order valence-electron chi connectivity index (χ2n) is 5.96. The summed E-state index contributed by atoms with van der Waals surface area (Å²) in [6, 6.07) is 7.49. The molecule has 1 aliphatic carbocycles. The number of nitrogens with one attached hydrogen (secondary N) is 2. The van der Waals surface area contributed by atoms with E-state index in [2.05, 4.69) is 42.3 Å². The first-order valence-corrected chi connectivity index (χ1v) is 7.55. The third-order valence-corrected chi connectivity index (χ3v) is 4.44. The van der Waals surface area contributed by atoms with Gasteiger partial charge >= 0.3 is 0 Å². The molecule has 0 bridgehead atoms. The molecule has 102 valence electrons. The van der Waals surface area contributed by atoms with Crippen LogP contribution >= 0.6 is 0 Å². The predicted octanol–water partition coefficient (Wildman–Crippen LogP) is 3.86. The summed E-state index contributed by atoms with van der Waals surface area (Å²) in [6.07, 6.45) is 6.68. The van der Waals surface area contributed by atoms with Crippen LogP contribution in [0.3, 0.4) is 0 Å². The van der Waals surface area contributed by atoms with E-state index in [-0.39, 0.29) is 0 Å².